The summed E-state index contributed by atoms with van der Waals surface area (Å²) in [6.07, 6.45) is 6.91. The average Bonchev–Trinajstić information content (AvgIpc) is 3.14. The van der Waals surface area contributed by atoms with Crippen LogP contribution in [0.1, 0.15) is 34.4 Å². The summed E-state index contributed by atoms with van der Waals surface area (Å²) in [5.41, 5.74) is 1.16. The summed E-state index contributed by atoms with van der Waals surface area (Å²) in [5, 5.41) is 2.01. The molecule has 0 bridgehead atoms. The Morgan fingerprint density at radius 3 is 3.24 bits per heavy atom. The molecular formula is C16H21N3OS. The van der Waals surface area contributed by atoms with Gasteiger partial charge in [0, 0.05) is 39.0 Å². The first-order valence-corrected chi connectivity index (χ1v) is 8.38. The first-order valence-electron chi connectivity index (χ1n) is 7.51. The van der Waals surface area contributed by atoms with Gasteiger partial charge in [-0.1, -0.05) is 6.92 Å². The number of fused-ring (bicyclic) bond motifs is 1. The minimum atomic E-state index is 0.163. The Bertz CT molecular complexity index is 631. The largest absolute Gasteiger partial charge is 0.341 e. The molecule has 1 aliphatic heterocycles. The molecule has 112 valence electrons. The first kappa shape index (κ1) is 14.3. The molecular weight excluding hydrogens is 282 g/mol. The van der Waals surface area contributed by atoms with Crippen molar-refractivity contribution in [3.05, 3.63) is 40.1 Å². The SMILES string of the molecule is CCc1ccsc1C(=O)N(C)C[C@@H]1CCn2ccnc2C1. The maximum atomic E-state index is 12.6. The molecule has 4 nitrogen and oxygen atoms in total. The predicted molar refractivity (Wildman–Crippen MR) is 84.7 cm³/mol. The molecule has 3 heterocycles. The second kappa shape index (κ2) is 6.02. The third-order valence-electron chi connectivity index (χ3n) is 4.25. The number of amides is 1. The number of thiophene rings is 1. The third-order valence-corrected chi connectivity index (χ3v) is 5.20. The van der Waals surface area contributed by atoms with Crippen molar-refractivity contribution in [2.24, 2.45) is 5.92 Å². The summed E-state index contributed by atoms with van der Waals surface area (Å²) in [5.74, 6) is 1.83. The molecule has 1 aliphatic rings. The number of hydrogen-bond acceptors (Lipinski definition) is 3. The summed E-state index contributed by atoms with van der Waals surface area (Å²) in [6.45, 7) is 3.92. The van der Waals surface area contributed by atoms with Gasteiger partial charge in [0.05, 0.1) is 4.88 Å². The van der Waals surface area contributed by atoms with Crippen LogP contribution in [0.5, 0.6) is 0 Å². The van der Waals surface area contributed by atoms with Gasteiger partial charge in [-0.05, 0) is 35.8 Å². The molecule has 0 aromatic carbocycles. The number of carbonyl (C=O) groups is 1. The Morgan fingerprint density at radius 1 is 1.57 bits per heavy atom. The molecule has 1 atom stereocenters. The number of aromatic nitrogens is 2. The molecule has 0 saturated heterocycles. The van der Waals surface area contributed by atoms with E-state index < -0.39 is 0 Å². The van der Waals surface area contributed by atoms with E-state index in [0.29, 0.717) is 5.92 Å². The van der Waals surface area contributed by atoms with Crippen molar-refractivity contribution >= 4 is 17.2 Å². The lowest BCUT2D eigenvalue weighted by atomic mass is 9.97. The topological polar surface area (TPSA) is 38.1 Å². The smallest absolute Gasteiger partial charge is 0.263 e. The second-order valence-corrected chi connectivity index (χ2v) is 6.63. The lowest BCUT2D eigenvalue weighted by molar-refractivity contribution is 0.0768. The average molecular weight is 303 g/mol. The van der Waals surface area contributed by atoms with Gasteiger partial charge in [0.25, 0.3) is 5.91 Å². The van der Waals surface area contributed by atoms with Gasteiger partial charge in [0.15, 0.2) is 0 Å². The van der Waals surface area contributed by atoms with E-state index in [1.54, 1.807) is 11.3 Å². The van der Waals surface area contributed by atoms with E-state index in [9.17, 15) is 4.79 Å². The van der Waals surface area contributed by atoms with Gasteiger partial charge in [-0.2, -0.15) is 0 Å². The summed E-state index contributed by atoms with van der Waals surface area (Å²) in [4.78, 5) is 19.8. The molecule has 21 heavy (non-hydrogen) atoms. The Balaban J connectivity index is 1.64. The Morgan fingerprint density at radius 2 is 2.43 bits per heavy atom. The van der Waals surface area contributed by atoms with Crippen LogP contribution in [-0.2, 0) is 19.4 Å². The first-order chi connectivity index (χ1) is 10.2. The van der Waals surface area contributed by atoms with Gasteiger partial charge in [-0.15, -0.1) is 11.3 Å². The van der Waals surface area contributed by atoms with Crippen LogP contribution in [0.4, 0.5) is 0 Å². The summed E-state index contributed by atoms with van der Waals surface area (Å²) < 4.78 is 2.22. The molecule has 0 spiro atoms. The minimum Gasteiger partial charge on any atom is -0.341 e. The van der Waals surface area contributed by atoms with E-state index in [0.717, 1.165) is 48.6 Å². The van der Waals surface area contributed by atoms with E-state index in [1.165, 1.54) is 0 Å². The normalized spacial score (nSPS) is 17.5. The van der Waals surface area contributed by atoms with Crippen molar-refractivity contribution in [3.8, 4) is 0 Å². The number of nitrogens with zero attached hydrogens (tertiary/aromatic N) is 3. The highest BCUT2D eigenvalue weighted by atomic mass is 32.1. The monoisotopic (exact) mass is 303 g/mol. The quantitative estimate of drug-likeness (QED) is 0.871. The summed E-state index contributed by atoms with van der Waals surface area (Å²) >= 11 is 1.55. The standard InChI is InChI=1S/C16H21N3OS/c1-3-13-5-9-21-15(13)16(20)18(2)11-12-4-7-19-8-6-17-14(19)10-12/h5-6,8-9,12H,3-4,7,10-11H2,1-2H3/t12-/m1/s1. The highest BCUT2D eigenvalue weighted by molar-refractivity contribution is 7.12. The van der Waals surface area contributed by atoms with E-state index >= 15 is 0 Å². The van der Waals surface area contributed by atoms with Crippen molar-refractivity contribution in [2.75, 3.05) is 13.6 Å². The van der Waals surface area contributed by atoms with Crippen LogP contribution in [0.15, 0.2) is 23.8 Å². The van der Waals surface area contributed by atoms with Gasteiger partial charge in [-0.3, -0.25) is 4.79 Å². The van der Waals surface area contributed by atoms with E-state index in [4.69, 9.17) is 0 Å². The van der Waals surface area contributed by atoms with Crippen LogP contribution in [0.2, 0.25) is 0 Å². The van der Waals surface area contributed by atoms with Crippen molar-refractivity contribution in [1.82, 2.24) is 14.5 Å². The zero-order chi connectivity index (χ0) is 14.8. The third kappa shape index (κ3) is 2.88. The number of aryl methyl sites for hydroxylation is 2. The fraction of sp³-hybridized carbons (Fsp3) is 0.500. The molecule has 0 aliphatic carbocycles. The van der Waals surface area contributed by atoms with Crippen molar-refractivity contribution < 1.29 is 4.79 Å². The maximum Gasteiger partial charge on any atom is 0.263 e. The van der Waals surface area contributed by atoms with Crippen LogP contribution in [0, 0.1) is 5.92 Å². The molecule has 2 aromatic rings. The summed E-state index contributed by atoms with van der Waals surface area (Å²) in [6, 6.07) is 2.06. The van der Waals surface area contributed by atoms with Gasteiger partial charge in [0.1, 0.15) is 5.82 Å². The number of imidazole rings is 1. The Hall–Kier alpha value is -1.62. The molecule has 3 rings (SSSR count). The van der Waals surface area contributed by atoms with Crippen LogP contribution >= 0.6 is 11.3 Å². The molecule has 2 aromatic heterocycles. The Labute approximate surface area is 129 Å². The van der Waals surface area contributed by atoms with Crippen LogP contribution < -0.4 is 0 Å². The molecule has 5 heteroatoms. The van der Waals surface area contributed by atoms with Crippen molar-refractivity contribution in [1.29, 1.82) is 0 Å². The van der Waals surface area contributed by atoms with Gasteiger partial charge in [0.2, 0.25) is 0 Å². The zero-order valence-electron chi connectivity index (χ0n) is 12.6. The molecule has 1 amide bonds. The van der Waals surface area contributed by atoms with Gasteiger partial charge >= 0.3 is 0 Å². The number of hydrogen-bond donors (Lipinski definition) is 0. The van der Waals surface area contributed by atoms with E-state index in [2.05, 4.69) is 22.5 Å². The highest BCUT2D eigenvalue weighted by Gasteiger charge is 2.23. The molecule has 0 saturated carbocycles. The predicted octanol–water partition coefficient (Wildman–Crippen LogP) is 2.84. The number of carbonyl (C=O) groups excluding carboxylic acids is 1. The van der Waals surface area contributed by atoms with E-state index in [1.807, 2.05) is 29.7 Å². The molecule has 0 N–H and O–H groups in total. The maximum absolute atomic E-state index is 12.6. The van der Waals surface area contributed by atoms with Crippen LogP contribution in [0.25, 0.3) is 0 Å². The lowest BCUT2D eigenvalue weighted by Crippen LogP contribution is -2.35. The fourth-order valence-corrected chi connectivity index (χ4v) is 4.01. The highest BCUT2D eigenvalue weighted by Crippen LogP contribution is 2.23. The van der Waals surface area contributed by atoms with Crippen molar-refractivity contribution in [2.45, 2.75) is 32.7 Å². The minimum absolute atomic E-state index is 0.163. The Kier molecular flexibility index (Phi) is 4.10. The van der Waals surface area contributed by atoms with E-state index in [-0.39, 0.29) is 5.91 Å². The van der Waals surface area contributed by atoms with Gasteiger partial charge < -0.3 is 9.47 Å². The fourth-order valence-electron chi connectivity index (χ4n) is 3.02. The van der Waals surface area contributed by atoms with Crippen LogP contribution in [-0.4, -0.2) is 34.0 Å². The summed E-state index contributed by atoms with van der Waals surface area (Å²) in [7, 11) is 1.92. The lowest BCUT2D eigenvalue weighted by Gasteiger charge is -2.27. The molecule has 0 fully saturated rings. The zero-order valence-corrected chi connectivity index (χ0v) is 13.4. The van der Waals surface area contributed by atoms with Gasteiger partial charge in [-0.25, -0.2) is 4.98 Å². The second-order valence-electron chi connectivity index (χ2n) is 5.71. The number of rotatable bonds is 4. The molecule has 0 radical (unpaired) electrons. The molecule has 0 unspecified atom stereocenters. The van der Waals surface area contributed by atoms with Crippen molar-refractivity contribution in [3.63, 3.8) is 0 Å². The van der Waals surface area contributed by atoms with Crippen LogP contribution in [0.3, 0.4) is 0 Å².